The number of hydrogen-bond donors (Lipinski definition) is 2. The van der Waals surface area contributed by atoms with Gasteiger partial charge >= 0.3 is 5.69 Å². The second kappa shape index (κ2) is 7.26. The van der Waals surface area contributed by atoms with Crippen molar-refractivity contribution >= 4 is 39.1 Å². The molecule has 0 spiro atoms. The maximum absolute atomic E-state index is 13.5. The van der Waals surface area contributed by atoms with E-state index in [9.17, 15) is 9.59 Å². The zero-order valence-electron chi connectivity index (χ0n) is 16.7. The Morgan fingerprint density at radius 2 is 1.76 bits per heavy atom. The molecule has 0 radical (unpaired) electrons. The zero-order chi connectivity index (χ0) is 22.7. The fourth-order valence-electron chi connectivity index (χ4n) is 3.87. The van der Waals surface area contributed by atoms with Gasteiger partial charge in [0.15, 0.2) is 16.6 Å². The number of aromatic amines is 1. The highest BCUT2D eigenvalue weighted by Gasteiger charge is 2.20. The Morgan fingerprint density at radius 3 is 2.52 bits per heavy atom. The van der Waals surface area contributed by atoms with Crippen LogP contribution in [0.5, 0.6) is 11.5 Å². The number of rotatable bonds is 3. The molecule has 0 bridgehead atoms. The van der Waals surface area contributed by atoms with E-state index in [0.717, 1.165) is 15.8 Å². The summed E-state index contributed by atoms with van der Waals surface area (Å²) in [5.41, 5.74) is 7.86. The van der Waals surface area contributed by atoms with Crippen molar-refractivity contribution in [1.29, 1.82) is 0 Å². The average molecular weight is 480 g/mol. The molecule has 11 heteroatoms. The number of nitrogens with one attached hydrogen (secondary N) is 1. The lowest BCUT2D eigenvalue weighted by Crippen LogP contribution is -2.34. The molecular weight excluding hydrogens is 466 g/mol. The monoisotopic (exact) mass is 479 g/mol. The molecule has 0 saturated heterocycles. The van der Waals surface area contributed by atoms with Crippen molar-refractivity contribution in [2.75, 3.05) is 12.5 Å². The van der Waals surface area contributed by atoms with Crippen molar-refractivity contribution in [2.24, 2.45) is 0 Å². The van der Waals surface area contributed by atoms with Crippen molar-refractivity contribution in [3.05, 3.63) is 79.9 Å². The quantitative estimate of drug-likeness (QED) is 0.408. The van der Waals surface area contributed by atoms with Crippen LogP contribution in [0.1, 0.15) is 0 Å². The van der Waals surface area contributed by atoms with Gasteiger partial charge in [-0.05, 0) is 30.3 Å². The predicted molar refractivity (Wildman–Crippen MR) is 126 cm³/mol. The zero-order valence-corrected chi connectivity index (χ0v) is 18.3. The lowest BCUT2D eigenvalue weighted by Gasteiger charge is -2.10. The Hall–Kier alpha value is -4.02. The van der Waals surface area contributed by atoms with Crippen LogP contribution < -0.4 is 26.5 Å². The smallest absolute Gasteiger partial charge is 0.333 e. The van der Waals surface area contributed by atoms with E-state index in [0.29, 0.717) is 33.5 Å². The van der Waals surface area contributed by atoms with Crippen LogP contribution >= 0.6 is 22.9 Å². The number of H-pyrrole nitrogens is 1. The third-order valence-corrected chi connectivity index (χ3v) is 6.32. The topological polar surface area (TPSA) is 117 Å². The van der Waals surface area contributed by atoms with Gasteiger partial charge in [0.1, 0.15) is 10.7 Å². The van der Waals surface area contributed by atoms with E-state index < -0.39 is 11.2 Å². The van der Waals surface area contributed by atoms with Gasteiger partial charge in [0, 0.05) is 22.7 Å². The molecule has 2 aromatic carbocycles. The molecule has 0 amide bonds. The van der Waals surface area contributed by atoms with Crippen molar-refractivity contribution in [1.82, 2.24) is 19.1 Å². The summed E-state index contributed by atoms with van der Waals surface area (Å²) >= 11 is 7.85. The lowest BCUT2D eigenvalue weighted by atomic mass is 10.1. The third-order valence-electron chi connectivity index (χ3n) is 5.36. The molecule has 9 nitrogen and oxygen atoms in total. The number of aromatic nitrogens is 4. The number of halogens is 1. The molecule has 0 unspecified atom stereocenters. The number of fused-ring (bicyclic) bond motifs is 2. The number of ether oxygens (including phenoxy) is 2. The molecule has 0 atom stereocenters. The second-order valence-corrected chi connectivity index (χ2v) is 8.57. The molecule has 0 aliphatic carbocycles. The normalized spacial score (nSPS) is 12.5. The van der Waals surface area contributed by atoms with Crippen LogP contribution in [0, 0.1) is 0 Å². The Balaban J connectivity index is 1.52. The van der Waals surface area contributed by atoms with Crippen LogP contribution in [0.2, 0.25) is 5.15 Å². The van der Waals surface area contributed by atoms with E-state index in [4.69, 9.17) is 26.8 Å². The molecule has 1 aliphatic heterocycles. The Morgan fingerprint density at radius 1 is 1.00 bits per heavy atom. The first-order valence-electron chi connectivity index (χ1n) is 9.78. The van der Waals surface area contributed by atoms with Gasteiger partial charge in [-0.25, -0.2) is 14.3 Å². The molecule has 0 saturated carbocycles. The van der Waals surface area contributed by atoms with Crippen LogP contribution in [0.15, 0.2) is 63.5 Å². The fourth-order valence-corrected chi connectivity index (χ4v) is 4.73. The maximum Gasteiger partial charge on any atom is 0.333 e. The minimum Gasteiger partial charge on any atom is -0.454 e. The van der Waals surface area contributed by atoms with Crippen molar-refractivity contribution < 1.29 is 9.47 Å². The number of thiazole rings is 1. The van der Waals surface area contributed by atoms with Gasteiger partial charge in [-0.2, -0.15) is 0 Å². The van der Waals surface area contributed by atoms with Crippen molar-refractivity contribution in [3.63, 3.8) is 0 Å². The Bertz CT molecular complexity index is 1670. The van der Waals surface area contributed by atoms with Gasteiger partial charge in [0.2, 0.25) is 6.79 Å². The van der Waals surface area contributed by atoms with Crippen molar-refractivity contribution in [3.8, 4) is 34.1 Å². The molecule has 1 aliphatic rings. The van der Waals surface area contributed by atoms with E-state index in [1.165, 1.54) is 11.3 Å². The van der Waals surface area contributed by atoms with Crippen molar-refractivity contribution in [2.45, 2.75) is 0 Å². The number of hydrogen-bond acceptors (Lipinski definition) is 7. The van der Waals surface area contributed by atoms with Crippen LogP contribution in [0.3, 0.4) is 0 Å². The molecule has 0 fully saturated rings. The van der Waals surface area contributed by atoms with Crippen LogP contribution in [-0.4, -0.2) is 25.9 Å². The Kier molecular flexibility index (Phi) is 4.32. The fraction of sp³-hybridized carbons (Fsp3) is 0.0455. The molecule has 4 heterocycles. The number of nitrogens with zero attached hydrogens (tertiary/aromatic N) is 3. The molecule has 3 aromatic heterocycles. The largest absolute Gasteiger partial charge is 0.454 e. The van der Waals surface area contributed by atoms with E-state index in [1.54, 1.807) is 28.8 Å². The van der Waals surface area contributed by atoms with E-state index in [2.05, 4.69) is 9.97 Å². The van der Waals surface area contributed by atoms with Gasteiger partial charge in [-0.1, -0.05) is 23.7 Å². The summed E-state index contributed by atoms with van der Waals surface area (Å²) < 4.78 is 13.3. The summed E-state index contributed by atoms with van der Waals surface area (Å²) in [5.74, 6) is 1.02. The van der Waals surface area contributed by atoms with Crippen LogP contribution in [0.25, 0.3) is 33.7 Å². The highest BCUT2D eigenvalue weighted by molar-refractivity contribution is 7.13. The third kappa shape index (κ3) is 3.11. The average Bonchev–Trinajstić information content (AvgIpc) is 3.52. The molecule has 33 heavy (non-hydrogen) atoms. The standard InChI is InChI=1S/C22H14ClN5O4S/c23-18-8-14-19(27(18)12-3-1-11(2-4-12)15-9-33-21(24)25-15)20(29)28(22(30)26-14)13-5-6-16-17(7-13)32-10-31-16/h1-9H,10H2,(H2,24,25)(H,26,30). The van der Waals surface area contributed by atoms with E-state index in [-0.39, 0.29) is 17.5 Å². The number of nitrogen functional groups attached to an aromatic ring is 1. The first-order chi connectivity index (χ1) is 16.0. The number of anilines is 1. The summed E-state index contributed by atoms with van der Waals surface area (Å²) in [6.45, 7) is 0.0883. The molecule has 3 N–H and O–H groups in total. The first kappa shape index (κ1) is 19.6. The van der Waals surface area contributed by atoms with Crippen LogP contribution in [0.4, 0.5) is 5.13 Å². The minimum absolute atomic E-state index is 0.0883. The lowest BCUT2D eigenvalue weighted by molar-refractivity contribution is 0.174. The van der Waals surface area contributed by atoms with Gasteiger partial charge in [-0.15, -0.1) is 11.3 Å². The molecular formula is C22H14ClN5O4S. The van der Waals surface area contributed by atoms with Gasteiger partial charge < -0.3 is 20.2 Å². The highest BCUT2D eigenvalue weighted by atomic mass is 35.5. The SMILES string of the molecule is Nc1nc(-c2ccc(-n3c(Cl)cc4[nH]c(=O)n(-c5ccc6c(c5)OCO6)c(=O)c43)cc2)cs1. The Labute approximate surface area is 194 Å². The van der Waals surface area contributed by atoms with Gasteiger partial charge in [0.25, 0.3) is 5.56 Å². The van der Waals surface area contributed by atoms with E-state index in [1.807, 2.05) is 29.6 Å². The molecule has 6 rings (SSSR count). The summed E-state index contributed by atoms with van der Waals surface area (Å²) in [4.78, 5) is 33.3. The summed E-state index contributed by atoms with van der Waals surface area (Å²) in [5, 5.41) is 2.64. The highest BCUT2D eigenvalue weighted by Crippen LogP contribution is 2.33. The molecule has 5 aromatic rings. The van der Waals surface area contributed by atoms with Crippen LogP contribution in [-0.2, 0) is 0 Å². The summed E-state index contributed by atoms with van der Waals surface area (Å²) in [7, 11) is 0. The first-order valence-corrected chi connectivity index (χ1v) is 11.0. The maximum atomic E-state index is 13.5. The summed E-state index contributed by atoms with van der Waals surface area (Å²) in [6.07, 6.45) is 0. The van der Waals surface area contributed by atoms with Gasteiger partial charge in [-0.3, -0.25) is 9.36 Å². The minimum atomic E-state index is -0.586. The number of nitrogens with two attached hydrogens (primary N) is 1. The van der Waals surface area contributed by atoms with E-state index >= 15 is 0 Å². The predicted octanol–water partition coefficient (Wildman–Crippen LogP) is 3.56. The second-order valence-electron chi connectivity index (χ2n) is 7.29. The number of benzene rings is 2. The summed E-state index contributed by atoms with van der Waals surface area (Å²) in [6, 6.07) is 13.8. The molecule has 164 valence electrons. The van der Waals surface area contributed by atoms with Gasteiger partial charge in [0.05, 0.1) is 16.9 Å².